The molecule has 1 N–H and O–H groups in total. The van der Waals surface area contributed by atoms with Crippen LogP contribution in [0.15, 0.2) is 24.3 Å². The fourth-order valence-corrected chi connectivity index (χ4v) is 3.08. The van der Waals surface area contributed by atoms with Gasteiger partial charge in [0, 0.05) is 24.3 Å². The Morgan fingerprint density at radius 2 is 1.95 bits per heavy atom. The Hall–Kier alpha value is -1.02. The molecule has 2 nitrogen and oxygen atoms in total. The molecule has 2 rings (SSSR count). The summed E-state index contributed by atoms with van der Waals surface area (Å²) >= 11 is 0. The normalized spacial score (nSPS) is 23.9. The average molecular weight is 260 g/mol. The number of hydrogen-bond acceptors (Lipinski definition) is 2. The molecule has 2 heteroatoms. The molecule has 1 fully saturated rings. The second kappa shape index (κ2) is 6.42. The quantitative estimate of drug-likeness (QED) is 0.886. The summed E-state index contributed by atoms with van der Waals surface area (Å²) in [5.74, 6) is 0.617. The van der Waals surface area contributed by atoms with Crippen LogP contribution in [0.5, 0.6) is 0 Å². The van der Waals surface area contributed by atoms with Crippen molar-refractivity contribution in [3.63, 3.8) is 0 Å². The molecule has 1 heterocycles. The molecule has 1 aliphatic heterocycles. The van der Waals surface area contributed by atoms with Crippen LogP contribution in [0.25, 0.3) is 0 Å². The highest BCUT2D eigenvalue weighted by molar-refractivity contribution is 5.49. The van der Waals surface area contributed by atoms with Crippen LogP contribution in [0.2, 0.25) is 0 Å². The molecule has 2 atom stereocenters. The zero-order valence-corrected chi connectivity index (χ0v) is 12.8. The topological polar surface area (TPSA) is 15.3 Å². The Labute approximate surface area is 118 Å². The zero-order chi connectivity index (χ0) is 13.8. The lowest BCUT2D eigenvalue weighted by Crippen LogP contribution is -2.47. The van der Waals surface area contributed by atoms with Crippen LogP contribution in [0.1, 0.15) is 52.0 Å². The summed E-state index contributed by atoms with van der Waals surface area (Å²) in [5, 5.41) is 3.58. The van der Waals surface area contributed by atoms with Crippen molar-refractivity contribution in [1.29, 1.82) is 0 Å². The number of benzene rings is 1. The first-order valence-electron chi connectivity index (χ1n) is 7.71. The molecule has 1 aliphatic rings. The van der Waals surface area contributed by atoms with Gasteiger partial charge < -0.3 is 10.2 Å². The summed E-state index contributed by atoms with van der Waals surface area (Å²) in [4.78, 5) is 2.55. The lowest BCUT2D eigenvalue weighted by Gasteiger charge is -2.39. The highest BCUT2D eigenvalue weighted by Gasteiger charge is 2.24. The van der Waals surface area contributed by atoms with Crippen molar-refractivity contribution in [1.82, 2.24) is 5.32 Å². The monoisotopic (exact) mass is 260 g/mol. The standard InChI is InChI=1S/C17H28N2/c1-5-18-16-10-11-19(14(4)12-16)17-8-6-15(7-9-17)13(2)3/h6-9,13-14,16,18H,5,10-12H2,1-4H3. The van der Waals surface area contributed by atoms with Crippen LogP contribution in [-0.2, 0) is 0 Å². The maximum absolute atomic E-state index is 3.58. The number of nitrogens with one attached hydrogen (secondary N) is 1. The maximum atomic E-state index is 3.58. The molecule has 1 aromatic rings. The van der Waals surface area contributed by atoms with E-state index in [1.165, 1.54) is 30.6 Å². The van der Waals surface area contributed by atoms with Gasteiger partial charge in [0.1, 0.15) is 0 Å². The van der Waals surface area contributed by atoms with Gasteiger partial charge in [-0.3, -0.25) is 0 Å². The van der Waals surface area contributed by atoms with E-state index in [0.717, 1.165) is 6.54 Å². The Kier molecular flexibility index (Phi) is 4.87. The van der Waals surface area contributed by atoms with E-state index in [-0.39, 0.29) is 0 Å². The van der Waals surface area contributed by atoms with Crippen LogP contribution in [0, 0.1) is 0 Å². The molecular formula is C17H28N2. The average Bonchev–Trinajstić information content (AvgIpc) is 2.39. The van der Waals surface area contributed by atoms with Crippen molar-refractivity contribution in [3.8, 4) is 0 Å². The fraction of sp³-hybridized carbons (Fsp3) is 0.647. The first-order valence-corrected chi connectivity index (χ1v) is 7.71. The molecule has 1 aromatic carbocycles. The van der Waals surface area contributed by atoms with Crippen molar-refractivity contribution in [2.24, 2.45) is 0 Å². The first-order chi connectivity index (χ1) is 9.11. The van der Waals surface area contributed by atoms with Crippen molar-refractivity contribution in [2.45, 2.75) is 58.5 Å². The van der Waals surface area contributed by atoms with Gasteiger partial charge in [0.25, 0.3) is 0 Å². The molecule has 2 unspecified atom stereocenters. The molecule has 106 valence electrons. The van der Waals surface area contributed by atoms with Gasteiger partial charge in [-0.05, 0) is 49.9 Å². The van der Waals surface area contributed by atoms with E-state index >= 15 is 0 Å². The van der Waals surface area contributed by atoms with Gasteiger partial charge in [-0.2, -0.15) is 0 Å². The van der Waals surface area contributed by atoms with Crippen LogP contribution in [-0.4, -0.2) is 25.2 Å². The molecule has 0 radical (unpaired) electrons. The number of anilines is 1. The van der Waals surface area contributed by atoms with Crippen molar-refractivity contribution < 1.29 is 0 Å². The SMILES string of the molecule is CCNC1CCN(c2ccc(C(C)C)cc2)C(C)C1. The van der Waals surface area contributed by atoms with E-state index in [1.54, 1.807) is 0 Å². The van der Waals surface area contributed by atoms with Gasteiger partial charge in [0.05, 0.1) is 0 Å². The Morgan fingerprint density at radius 3 is 2.47 bits per heavy atom. The van der Waals surface area contributed by atoms with E-state index in [1.807, 2.05) is 0 Å². The molecule has 0 spiro atoms. The molecule has 1 saturated heterocycles. The molecule has 0 bridgehead atoms. The molecule has 0 aliphatic carbocycles. The van der Waals surface area contributed by atoms with E-state index in [2.05, 4.69) is 62.2 Å². The summed E-state index contributed by atoms with van der Waals surface area (Å²) in [6.45, 7) is 11.3. The summed E-state index contributed by atoms with van der Waals surface area (Å²) in [7, 11) is 0. The predicted molar refractivity (Wildman–Crippen MR) is 84.0 cm³/mol. The highest BCUT2D eigenvalue weighted by atomic mass is 15.2. The second-order valence-corrected chi connectivity index (χ2v) is 6.07. The Bertz CT molecular complexity index is 383. The van der Waals surface area contributed by atoms with Gasteiger partial charge in [-0.15, -0.1) is 0 Å². The lowest BCUT2D eigenvalue weighted by molar-refractivity contribution is 0.374. The van der Waals surface area contributed by atoms with Gasteiger partial charge >= 0.3 is 0 Å². The van der Waals surface area contributed by atoms with Crippen LogP contribution < -0.4 is 10.2 Å². The summed E-state index contributed by atoms with van der Waals surface area (Å²) in [6.07, 6.45) is 2.50. The Morgan fingerprint density at radius 1 is 1.26 bits per heavy atom. The molecule has 0 amide bonds. The smallest absolute Gasteiger partial charge is 0.0368 e. The third-order valence-electron chi connectivity index (χ3n) is 4.26. The number of piperidine rings is 1. The predicted octanol–water partition coefficient (Wildman–Crippen LogP) is 3.78. The van der Waals surface area contributed by atoms with Crippen LogP contribution >= 0.6 is 0 Å². The molecular weight excluding hydrogens is 232 g/mol. The van der Waals surface area contributed by atoms with Gasteiger partial charge in [0.15, 0.2) is 0 Å². The molecule has 0 aromatic heterocycles. The number of nitrogens with zero attached hydrogens (tertiary/aromatic N) is 1. The summed E-state index contributed by atoms with van der Waals surface area (Å²) in [6, 6.07) is 10.5. The Balaban J connectivity index is 2.02. The zero-order valence-electron chi connectivity index (χ0n) is 12.8. The van der Waals surface area contributed by atoms with Crippen molar-refractivity contribution in [2.75, 3.05) is 18.0 Å². The summed E-state index contributed by atoms with van der Waals surface area (Å²) < 4.78 is 0. The van der Waals surface area contributed by atoms with Gasteiger partial charge in [-0.25, -0.2) is 0 Å². The highest BCUT2D eigenvalue weighted by Crippen LogP contribution is 2.26. The van der Waals surface area contributed by atoms with E-state index < -0.39 is 0 Å². The van der Waals surface area contributed by atoms with Crippen LogP contribution in [0.3, 0.4) is 0 Å². The van der Waals surface area contributed by atoms with Gasteiger partial charge in [0.2, 0.25) is 0 Å². The third kappa shape index (κ3) is 3.50. The summed E-state index contributed by atoms with van der Waals surface area (Å²) in [5.41, 5.74) is 2.81. The molecule has 19 heavy (non-hydrogen) atoms. The van der Waals surface area contributed by atoms with E-state index in [9.17, 15) is 0 Å². The minimum absolute atomic E-state index is 0.617. The number of rotatable bonds is 4. The third-order valence-corrected chi connectivity index (χ3v) is 4.26. The van der Waals surface area contributed by atoms with Crippen molar-refractivity contribution in [3.05, 3.63) is 29.8 Å². The minimum Gasteiger partial charge on any atom is -0.369 e. The lowest BCUT2D eigenvalue weighted by atomic mass is 9.96. The van der Waals surface area contributed by atoms with Crippen molar-refractivity contribution >= 4 is 5.69 Å². The number of hydrogen-bond donors (Lipinski definition) is 1. The van der Waals surface area contributed by atoms with E-state index in [4.69, 9.17) is 0 Å². The minimum atomic E-state index is 0.617. The van der Waals surface area contributed by atoms with Crippen LogP contribution in [0.4, 0.5) is 5.69 Å². The second-order valence-electron chi connectivity index (χ2n) is 6.07. The maximum Gasteiger partial charge on any atom is 0.0368 e. The fourth-order valence-electron chi connectivity index (χ4n) is 3.08. The first kappa shape index (κ1) is 14.4. The van der Waals surface area contributed by atoms with Gasteiger partial charge in [-0.1, -0.05) is 32.9 Å². The van der Waals surface area contributed by atoms with E-state index in [0.29, 0.717) is 18.0 Å². The largest absolute Gasteiger partial charge is 0.369 e. The molecule has 0 saturated carbocycles.